The predicted octanol–water partition coefficient (Wildman–Crippen LogP) is 1.08. The second-order valence-corrected chi connectivity index (χ2v) is 4.13. The first kappa shape index (κ1) is 10.8. The smallest absolute Gasteiger partial charge is 0.372 e. The van der Waals surface area contributed by atoms with Crippen LogP contribution in [-0.4, -0.2) is 34.0 Å². The number of carboxylic acids is 1. The molecule has 0 aromatic carbocycles. The highest BCUT2D eigenvalue weighted by atomic mass is 32.2. The molecule has 64 valence electrons. The van der Waals surface area contributed by atoms with Gasteiger partial charge in [-0.2, -0.15) is 23.5 Å². The number of aliphatic carboxylic acids is 1. The van der Waals surface area contributed by atoms with Crippen molar-refractivity contribution in [2.45, 2.75) is 6.42 Å². The van der Waals surface area contributed by atoms with E-state index in [0.29, 0.717) is 5.75 Å². The molecule has 0 aliphatic carbocycles. The number of hydrogen-bond acceptors (Lipinski definition) is 4. The van der Waals surface area contributed by atoms with Gasteiger partial charge >= 0.3 is 5.97 Å². The second kappa shape index (κ2) is 6.54. The van der Waals surface area contributed by atoms with Gasteiger partial charge in [-0.3, -0.25) is 4.79 Å². The fourth-order valence-electron chi connectivity index (χ4n) is 0.414. The van der Waals surface area contributed by atoms with Gasteiger partial charge in [-0.1, -0.05) is 0 Å². The Kier molecular flexibility index (Phi) is 6.45. The van der Waals surface area contributed by atoms with Crippen LogP contribution in [-0.2, 0) is 9.59 Å². The molecule has 0 saturated heterocycles. The number of rotatable bonds is 6. The average Bonchev–Trinajstić information content (AvgIpc) is 1.97. The Labute approximate surface area is 73.9 Å². The van der Waals surface area contributed by atoms with E-state index in [-0.39, 0.29) is 6.42 Å². The van der Waals surface area contributed by atoms with E-state index in [2.05, 4.69) is 0 Å². The summed E-state index contributed by atoms with van der Waals surface area (Å²) in [6, 6.07) is 0. The zero-order valence-corrected chi connectivity index (χ0v) is 7.83. The Morgan fingerprint density at radius 3 is 2.55 bits per heavy atom. The number of hydrogen-bond donors (Lipinski definition) is 1. The molecule has 0 radical (unpaired) electrons. The van der Waals surface area contributed by atoms with Gasteiger partial charge in [0.1, 0.15) is 0 Å². The van der Waals surface area contributed by atoms with Crippen LogP contribution < -0.4 is 0 Å². The Balaban J connectivity index is 3.25. The average molecular weight is 194 g/mol. The maximum Gasteiger partial charge on any atom is 0.372 e. The fraction of sp³-hybridized carbons (Fsp3) is 0.667. The molecule has 0 spiro atoms. The monoisotopic (exact) mass is 194 g/mol. The van der Waals surface area contributed by atoms with Crippen molar-refractivity contribution >= 4 is 35.3 Å². The van der Waals surface area contributed by atoms with Gasteiger partial charge in [-0.25, -0.2) is 4.79 Å². The molecule has 1 N–H and O–H groups in total. The van der Waals surface area contributed by atoms with Gasteiger partial charge in [0.25, 0.3) is 0 Å². The first-order valence-electron chi connectivity index (χ1n) is 3.01. The largest absolute Gasteiger partial charge is 0.476 e. The molecule has 0 fully saturated rings. The van der Waals surface area contributed by atoms with Gasteiger partial charge in [0, 0.05) is 17.3 Å². The third kappa shape index (κ3) is 6.25. The molecular weight excluding hydrogens is 184 g/mol. The van der Waals surface area contributed by atoms with E-state index in [1.165, 1.54) is 0 Å². The lowest BCUT2D eigenvalue weighted by molar-refractivity contribution is -0.148. The normalized spacial score (nSPS) is 9.55. The van der Waals surface area contributed by atoms with E-state index in [1.54, 1.807) is 23.5 Å². The van der Waals surface area contributed by atoms with Crippen molar-refractivity contribution in [3.8, 4) is 0 Å². The molecule has 0 saturated carbocycles. The maximum absolute atomic E-state index is 10.5. The Hall–Kier alpha value is -0.160. The van der Waals surface area contributed by atoms with Gasteiger partial charge in [0.15, 0.2) is 0 Å². The lowest BCUT2D eigenvalue weighted by atomic mass is 10.3. The van der Waals surface area contributed by atoms with Gasteiger partial charge in [0.2, 0.25) is 5.78 Å². The number of ketones is 1. The van der Waals surface area contributed by atoms with Crippen LogP contribution >= 0.6 is 23.5 Å². The van der Waals surface area contributed by atoms with Crippen molar-refractivity contribution in [2.75, 3.05) is 17.1 Å². The van der Waals surface area contributed by atoms with E-state index in [4.69, 9.17) is 5.11 Å². The number of carbonyl (C=O) groups is 2. The first-order valence-corrected chi connectivity index (χ1v) is 5.56. The Bertz CT molecular complexity index is 147. The molecule has 3 nitrogen and oxygen atoms in total. The summed E-state index contributed by atoms with van der Waals surface area (Å²) >= 11 is 3.24. The Morgan fingerprint density at radius 2 is 2.09 bits per heavy atom. The highest BCUT2D eigenvalue weighted by molar-refractivity contribution is 8.15. The van der Waals surface area contributed by atoms with Crippen LogP contribution in [0.2, 0.25) is 0 Å². The van der Waals surface area contributed by atoms with Crippen LogP contribution in [0, 0.1) is 0 Å². The molecule has 0 amide bonds. The summed E-state index contributed by atoms with van der Waals surface area (Å²) in [5.41, 5.74) is 0. The second-order valence-electron chi connectivity index (χ2n) is 1.79. The molecule has 11 heavy (non-hydrogen) atoms. The number of carboxylic acid groups (broad SMARTS) is 1. The quantitative estimate of drug-likeness (QED) is 0.389. The third-order valence-corrected chi connectivity index (χ3v) is 3.02. The predicted molar refractivity (Wildman–Crippen MR) is 48.1 cm³/mol. The van der Waals surface area contributed by atoms with Crippen LogP contribution in [0.25, 0.3) is 0 Å². The topological polar surface area (TPSA) is 54.4 Å². The summed E-state index contributed by atoms with van der Waals surface area (Å²) < 4.78 is 0. The molecule has 0 rings (SSSR count). The van der Waals surface area contributed by atoms with Crippen molar-refractivity contribution in [3.05, 3.63) is 0 Å². The zero-order chi connectivity index (χ0) is 8.69. The minimum atomic E-state index is -1.32. The van der Waals surface area contributed by atoms with Crippen LogP contribution in [0.5, 0.6) is 0 Å². The summed E-state index contributed by atoms with van der Waals surface area (Å²) in [7, 11) is 0. The lowest BCUT2D eigenvalue weighted by Gasteiger charge is -1.95. The van der Waals surface area contributed by atoms with Gasteiger partial charge in [-0.15, -0.1) is 0 Å². The van der Waals surface area contributed by atoms with Crippen molar-refractivity contribution in [3.63, 3.8) is 0 Å². The zero-order valence-electron chi connectivity index (χ0n) is 6.20. The Morgan fingerprint density at radius 1 is 1.45 bits per heavy atom. The summed E-state index contributed by atoms with van der Waals surface area (Å²) in [6.07, 6.45) is 2.10. The first-order chi connectivity index (χ1) is 5.18. The molecule has 0 aliphatic heterocycles. The maximum atomic E-state index is 10.5. The van der Waals surface area contributed by atoms with Crippen molar-refractivity contribution < 1.29 is 14.7 Å². The van der Waals surface area contributed by atoms with E-state index in [9.17, 15) is 9.59 Å². The van der Waals surface area contributed by atoms with E-state index in [0.717, 1.165) is 5.08 Å². The van der Waals surface area contributed by atoms with E-state index < -0.39 is 11.8 Å². The molecule has 0 bridgehead atoms. The molecule has 0 aliphatic rings. The van der Waals surface area contributed by atoms with Crippen molar-refractivity contribution in [1.29, 1.82) is 0 Å². The highest BCUT2D eigenvalue weighted by Gasteiger charge is 2.09. The SMILES string of the molecule is CSCSCCC(=O)C(=O)O. The van der Waals surface area contributed by atoms with Crippen LogP contribution in [0.4, 0.5) is 0 Å². The molecule has 0 heterocycles. The van der Waals surface area contributed by atoms with Crippen LogP contribution in [0.3, 0.4) is 0 Å². The van der Waals surface area contributed by atoms with Crippen molar-refractivity contribution in [2.24, 2.45) is 0 Å². The van der Waals surface area contributed by atoms with Crippen LogP contribution in [0.1, 0.15) is 6.42 Å². The molecule has 0 unspecified atom stereocenters. The highest BCUT2D eigenvalue weighted by Crippen LogP contribution is 2.09. The minimum Gasteiger partial charge on any atom is -0.476 e. The number of Topliss-reactive ketones (excluding diaryl/α,β-unsaturated/α-hetero) is 1. The minimum absolute atomic E-state index is 0.139. The molecule has 5 heteroatoms. The molecule has 0 aromatic rings. The van der Waals surface area contributed by atoms with Gasteiger partial charge in [0.05, 0.1) is 0 Å². The summed E-state index contributed by atoms with van der Waals surface area (Å²) in [4.78, 5) is 20.5. The number of carbonyl (C=O) groups excluding carboxylic acids is 1. The third-order valence-electron chi connectivity index (χ3n) is 0.913. The van der Waals surface area contributed by atoms with E-state index in [1.807, 2.05) is 6.26 Å². The molecule has 0 aromatic heterocycles. The molecular formula is C6H10O3S2. The number of thioether (sulfide) groups is 2. The summed E-state index contributed by atoms with van der Waals surface area (Å²) in [5, 5.41) is 9.08. The standard InChI is InChI=1S/C6H10O3S2/c1-10-4-11-3-2-5(7)6(8)9/h2-4H2,1H3,(H,8,9). The van der Waals surface area contributed by atoms with Gasteiger partial charge < -0.3 is 5.11 Å². The van der Waals surface area contributed by atoms with Crippen LogP contribution in [0.15, 0.2) is 0 Å². The fourth-order valence-corrected chi connectivity index (χ4v) is 1.88. The lowest BCUT2D eigenvalue weighted by Crippen LogP contribution is -2.12. The van der Waals surface area contributed by atoms with Gasteiger partial charge in [-0.05, 0) is 6.26 Å². The summed E-state index contributed by atoms with van der Waals surface area (Å²) in [6.45, 7) is 0. The summed E-state index contributed by atoms with van der Waals surface area (Å²) in [5.74, 6) is -1.42. The molecule has 0 atom stereocenters. The van der Waals surface area contributed by atoms with E-state index >= 15 is 0 Å². The van der Waals surface area contributed by atoms with Crippen molar-refractivity contribution in [1.82, 2.24) is 0 Å².